The van der Waals surface area contributed by atoms with Crippen molar-refractivity contribution >= 4 is 12.7 Å². The van der Waals surface area contributed by atoms with Gasteiger partial charge in [-0.1, -0.05) is 12.2 Å². The van der Waals surface area contributed by atoms with E-state index in [1.807, 2.05) is 0 Å². The van der Waals surface area contributed by atoms with Crippen LogP contribution in [0, 0.1) is 0 Å². The lowest BCUT2D eigenvalue weighted by atomic mass is 9.73. The van der Waals surface area contributed by atoms with Crippen LogP contribution >= 0.6 is 0 Å². The molecule has 1 aromatic heterocycles. The molecule has 146 valence electrons. The summed E-state index contributed by atoms with van der Waals surface area (Å²) in [4.78, 5) is 8.99. The summed E-state index contributed by atoms with van der Waals surface area (Å²) in [6.45, 7) is 11.8. The second-order valence-electron chi connectivity index (χ2n) is 9.07. The normalized spacial score (nSPS) is 22.7. The van der Waals surface area contributed by atoms with Crippen molar-refractivity contribution in [2.24, 2.45) is 0 Å². The minimum absolute atomic E-state index is 0.341. The maximum absolute atomic E-state index is 10.1. The second kappa shape index (κ2) is 7.15. The Hall–Kier alpha value is -1.50. The van der Waals surface area contributed by atoms with Gasteiger partial charge in [0.25, 0.3) is 0 Å². The Morgan fingerprint density at radius 1 is 1.04 bits per heavy atom. The molecular formula is C21H31BN2O3. The number of hydrogen-bond donors (Lipinski definition) is 1. The predicted molar refractivity (Wildman–Crippen MR) is 108 cm³/mol. The lowest BCUT2D eigenvalue weighted by Crippen LogP contribution is -2.41. The van der Waals surface area contributed by atoms with E-state index in [1.165, 1.54) is 0 Å². The molecule has 2 heterocycles. The fourth-order valence-electron chi connectivity index (χ4n) is 3.19. The molecule has 0 atom stereocenters. The molecule has 0 unspecified atom stereocenters. The topological polar surface area (TPSA) is 64.5 Å². The number of allylic oxidation sites excluding steroid dienone is 4. The van der Waals surface area contributed by atoms with Crippen molar-refractivity contribution in [3.05, 3.63) is 41.4 Å². The molecule has 0 bridgehead atoms. The first-order valence-corrected chi connectivity index (χ1v) is 9.81. The highest BCUT2D eigenvalue weighted by Crippen LogP contribution is 2.40. The Morgan fingerprint density at radius 3 is 2.19 bits per heavy atom. The largest absolute Gasteiger partial charge is 0.490 e. The van der Waals surface area contributed by atoms with Gasteiger partial charge in [0.2, 0.25) is 0 Å². The highest BCUT2D eigenvalue weighted by molar-refractivity contribution is 6.54. The average molecular weight is 370 g/mol. The molecule has 0 amide bonds. The molecule has 0 radical (unpaired) electrons. The van der Waals surface area contributed by atoms with Crippen molar-refractivity contribution in [3.63, 3.8) is 0 Å². The molecule has 2 aliphatic rings. The first-order chi connectivity index (χ1) is 12.5. The summed E-state index contributed by atoms with van der Waals surface area (Å²) in [6, 6.07) is 0. The monoisotopic (exact) mass is 370 g/mol. The van der Waals surface area contributed by atoms with E-state index >= 15 is 0 Å². The van der Waals surface area contributed by atoms with Crippen LogP contribution in [0.3, 0.4) is 0 Å². The first-order valence-electron chi connectivity index (χ1n) is 9.81. The van der Waals surface area contributed by atoms with E-state index in [2.05, 4.69) is 49.8 Å². The summed E-state index contributed by atoms with van der Waals surface area (Å²) in [6.07, 6.45) is 11.9. The number of nitrogens with zero attached hydrogens (tertiary/aromatic N) is 2. The lowest BCUT2D eigenvalue weighted by molar-refractivity contribution is 0.00578. The summed E-state index contributed by atoms with van der Waals surface area (Å²) in [5.41, 5.74) is 1.17. The molecule has 0 spiro atoms. The summed E-state index contributed by atoms with van der Waals surface area (Å²) in [5.74, 6) is 0.666. The molecule has 1 fully saturated rings. The molecule has 27 heavy (non-hydrogen) atoms. The van der Waals surface area contributed by atoms with Crippen LogP contribution in [-0.4, -0.2) is 33.4 Å². The molecule has 1 N–H and O–H groups in total. The van der Waals surface area contributed by atoms with Crippen LogP contribution in [-0.2, 0) is 14.9 Å². The molecule has 1 aliphatic heterocycles. The number of aromatic nitrogens is 2. The van der Waals surface area contributed by atoms with E-state index in [1.54, 1.807) is 26.2 Å². The quantitative estimate of drug-likeness (QED) is 0.807. The Bertz CT molecular complexity index is 730. The molecular weight excluding hydrogens is 339 g/mol. The van der Waals surface area contributed by atoms with E-state index in [0.29, 0.717) is 11.4 Å². The third-order valence-electron chi connectivity index (χ3n) is 5.80. The summed E-state index contributed by atoms with van der Waals surface area (Å²) >= 11 is 0. The number of rotatable bonds is 3. The standard InChI is InChI=1S/C21H31BN2O3/c1-19(2,25)16-13-23-18(24-14-16)15-10-8-7-9-11-17(12-15)22-26-20(3,4)21(5,6)27-22/h10,12-14,25H,7-9,11H2,1-6H3. The van der Waals surface area contributed by atoms with Crippen molar-refractivity contribution in [2.45, 2.75) is 84.0 Å². The van der Waals surface area contributed by atoms with Gasteiger partial charge in [0.15, 0.2) is 5.82 Å². The Balaban J connectivity index is 1.90. The number of aliphatic hydroxyl groups is 1. The van der Waals surface area contributed by atoms with Crippen molar-refractivity contribution in [1.29, 1.82) is 0 Å². The lowest BCUT2D eigenvalue weighted by Gasteiger charge is -2.32. The van der Waals surface area contributed by atoms with Crippen LogP contribution in [0.2, 0.25) is 0 Å². The van der Waals surface area contributed by atoms with Crippen molar-refractivity contribution in [2.75, 3.05) is 0 Å². The summed E-state index contributed by atoms with van der Waals surface area (Å²) in [7, 11) is -0.341. The van der Waals surface area contributed by atoms with E-state index in [9.17, 15) is 5.11 Å². The molecule has 5 nitrogen and oxygen atoms in total. The average Bonchev–Trinajstić information content (AvgIpc) is 2.74. The van der Waals surface area contributed by atoms with Gasteiger partial charge in [-0.05, 0) is 72.7 Å². The second-order valence-corrected chi connectivity index (χ2v) is 9.07. The highest BCUT2D eigenvalue weighted by atomic mass is 16.7. The fraction of sp³-hybridized carbons (Fsp3) is 0.619. The molecule has 0 saturated carbocycles. The van der Waals surface area contributed by atoms with E-state index in [4.69, 9.17) is 9.31 Å². The highest BCUT2D eigenvalue weighted by Gasteiger charge is 2.52. The number of hydrogen-bond acceptors (Lipinski definition) is 5. The molecule has 3 rings (SSSR count). The van der Waals surface area contributed by atoms with Gasteiger partial charge in [-0.25, -0.2) is 9.97 Å². The predicted octanol–water partition coefficient (Wildman–Crippen LogP) is 4.22. The van der Waals surface area contributed by atoms with Gasteiger partial charge in [-0.3, -0.25) is 0 Å². The summed E-state index contributed by atoms with van der Waals surface area (Å²) < 4.78 is 12.5. The molecule has 1 saturated heterocycles. The van der Waals surface area contributed by atoms with Gasteiger partial charge in [-0.2, -0.15) is 0 Å². The molecule has 6 heteroatoms. The van der Waals surface area contributed by atoms with E-state index in [0.717, 1.165) is 36.7 Å². The Labute approximate surface area is 163 Å². The zero-order valence-corrected chi connectivity index (χ0v) is 17.4. The van der Waals surface area contributed by atoms with Crippen LogP contribution in [0.15, 0.2) is 30.0 Å². The van der Waals surface area contributed by atoms with Gasteiger partial charge >= 0.3 is 7.12 Å². The zero-order valence-electron chi connectivity index (χ0n) is 17.4. The minimum Gasteiger partial charge on any atom is -0.400 e. The van der Waals surface area contributed by atoms with E-state index in [-0.39, 0.29) is 18.3 Å². The first kappa shape index (κ1) is 20.2. The van der Waals surface area contributed by atoms with Crippen molar-refractivity contribution in [3.8, 4) is 0 Å². The van der Waals surface area contributed by atoms with Crippen LogP contribution in [0.25, 0.3) is 5.57 Å². The molecule has 0 aromatic carbocycles. The molecule has 1 aromatic rings. The fourth-order valence-corrected chi connectivity index (χ4v) is 3.19. The third kappa shape index (κ3) is 4.34. The SMILES string of the molecule is CC(C)(O)c1cnc(C2=CCCCCC(B3OC(C)(C)C(C)(C)O3)=C2)nc1. The van der Waals surface area contributed by atoms with Crippen LogP contribution in [0.5, 0.6) is 0 Å². The van der Waals surface area contributed by atoms with Crippen LogP contribution < -0.4 is 0 Å². The third-order valence-corrected chi connectivity index (χ3v) is 5.80. The Kier molecular flexibility index (Phi) is 5.36. The van der Waals surface area contributed by atoms with Gasteiger partial charge in [0.05, 0.1) is 16.8 Å². The van der Waals surface area contributed by atoms with Gasteiger partial charge in [-0.15, -0.1) is 0 Å². The Morgan fingerprint density at radius 2 is 1.63 bits per heavy atom. The van der Waals surface area contributed by atoms with Gasteiger partial charge < -0.3 is 14.4 Å². The smallest absolute Gasteiger partial charge is 0.400 e. The van der Waals surface area contributed by atoms with E-state index < -0.39 is 5.60 Å². The zero-order chi connectivity index (χ0) is 19.9. The maximum Gasteiger partial charge on any atom is 0.490 e. The van der Waals surface area contributed by atoms with Gasteiger partial charge in [0, 0.05) is 23.5 Å². The van der Waals surface area contributed by atoms with Crippen molar-refractivity contribution in [1.82, 2.24) is 9.97 Å². The van der Waals surface area contributed by atoms with Gasteiger partial charge in [0.1, 0.15) is 0 Å². The minimum atomic E-state index is -0.947. The molecule has 1 aliphatic carbocycles. The van der Waals surface area contributed by atoms with Crippen LogP contribution in [0.4, 0.5) is 0 Å². The van der Waals surface area contributed by atoms with Crippen molar-refractivity contribution < 1.29 is 14.4 Å². The summed E-state index contributed by atoms with van der Waals surface area (Å²) in [5, 5.41) is 10.1. The maximum atomic E-state index is 10.1. The van der Waals surface area contributed by atoms with Crippen LogP contribution in [0.1, 0.15) is 78.6 Å².